The molecule has 2 fully saturated rings. The number of nitrogens with one attached hydrogen (secondary N) is 1. The van der Waals surface area contributed by atoms with E-state index in [0.717, 1.165) is 32.6 Å². The first-order valence-electron chi connectivity index (χ1n) is 9.68. The normalized spacial score (nSPS) is 25.3. The van der Waals surface area contributed by atoms with Crippen LogP contribution in [0.2, 0.25) is 0 Å². The number of rotatable bonds is 6. The molecule has 150 valence electrons. The average molecular weight is 379 g/mol. The second kappa shape index (κ2) is 8.99. The number of aliphatic hydroxyl groups is 1. The smallest absolute Gasteiger partial charge is 0.234 e. The Morgan fingerprint density at radius 2 is 2.11 bits per heavy atom. The Morgan fingerprint density at radius 3 is 2.78 bits per heavy atom. The zero-order valence-corrected chi connectivity index (χ0v) is 16.2. The number of aliphatic hydroxyl groups excluding tert-OH is 1. The van der Waals surface area contributed by atoms with Gasteiger partial charge in [-0.15, -0.1) is 0 Å². The third-order valence-corrected chi connectivity index (χ3v) is 5.65. The summed E-state index contributed by atoms with van der Waals surface area (Å²) in [5.41, 5.74) is 0.717. The lowest BCUT2D eigenvalue weighted by Gasteiger charge is -2.38. The lowest BCUT2D eigenvalue weighted by Crippen LogP contribution is -2.45. The van der Waals surface area contributed by atoms with Gasteiger partial charge in [-0.25, -0.2) is 4.39 Å². The van der Waals surface area contributed by atoms with Crippen LogP contribution in [0.5, 0.6) is 5.75 Å². The fourth-order valence-corrected chi connectivity index (χ4v) is 3.93. The first-order chi connectivity index (χ1) is 13.0. The highest BCUT2D eigenvalue weighted by Gasteiger charge is 2.36. The van der Waals surface area contributed by atoms with Gasteiger partial charge in [0.1, 0.15) is 0 Å². The first kappa shape index (κ1) is 20.0. The number of carbonyl (C=O) groups is 1. The van der Waals surface area contributed by atoms with Gasteiger partial charge >= 0.3 is 0 Å². The van der Waals surface area contributed by atoms with Crippen molar-refractivity contribution in [3.63, 3.8) is 0 Å². The molecule has 1 heterocycles. The molecule has 1 aliphatic heterocycles. The first-order valence-corrected chi connectivity index (χ1v) is 9.68. The Bertz CT molecular complexity index is 651. The van der Waals surface area contributed by atoms with Crippen LogP contribution in [0.15, 0.2) is 18.2 Å². The molecule has 1 saturated heterocycles. The van der Waals surface area contributed by atoms with E-state index in [9.17, 15) is 14.3 Å². The quantitative estimate of drug-likeness (QED) is 0.782. The van der Waals surface area contributed by atoms with E-state index in [1.165, 1.54) is 13.2 Å². The Labute approximate surface area is 160 Å². The number of likely N-dealkylation sites (N-methyl/N-ethyl adjacent to an activating group) is 1. The number of benzene rings is 1. The van der Waals surface area contributed by atoms with Crippen LogP contribution < -0.4 is 10.1 Å². The van der Waals surface area contributed by atoms with Crippen LogP contribution in [0.4, 0.5) is 4.39 Å². The van der Waals surface area contributed by atoms with Crippen molar-refractivity contribution in [2.45, 2.75) is 31.4 Å². The minimum absolute atomic E-state index is 0.0535. The summed E-state index contributed by atoms with van der Waals surface area (Å²) in [6, 6.07) is 4.51. The van der Waals surface area contributed by atoms with Gasteiger partial charge < -0.3 is 20.1 Å². The molecule has 0 unspecified atom stereocenters. The molecule has 0 spiro atoms. The third kappa shape index (κ3) is 5.18. The number of carbonyl (C=O) groups excluding carboxylic acids is 1. The van der Waals surface area contributed by atoms with Crippen molar-refractivity contribution < 1.29 is 19.0 Å². The number of methoxy groups -OCH3 is 1. The zero-order valence-electron chi connectivity index (χ0n) is 16.2. The summed E-state index contributed by atoms with van der Waals surface area (Å²) in [5.74, 6) is -0.190. The van der Waals surface area contributed by atoms with Gasteiger partial charge in [-0.1, -0.05) is 6.07 Å². The standard InChI is InChI=1S/C20H30FN3O3/c1-23-6-3-7-24(9-8-23)13-19(26)22-20(15-10-16(25)11-15)14-4-5-18(27-2)17(21)12-14/h4-5,12,15-16,20,25H,3,6-11,13H2,1-2H3,(H,22,26)/t15?,16?,20-/m0/s1. The Balaban J connectivity index is 1.66. The molecule has 2 aliphatic rings. The van der Waals surface area contributed by atoms with Crippen molar-refractivity contribution in [1.29, 1.82) is 0 Å². The van der Waals surface area contributed by atoms with E-state index in [1.807, 2.05) is 0 Å². The lowest BCUT2D eigenvalue weighted by molar-refractivity contribution is -0.124. The highest BCUT2D eigenvalue weighted by atomic mass is 19.1. The molecule has 7 heteroatoms. The molecule has 1 saturated carbocycles. The molecular formula is C20H30FN3O3. The monoisotopic (exact) mass is 379 g/mol. The summed E-state index contributed by atoms with van der Waals surface area (Å²) in [6.07, 6.45) is 1.95. The van der Waals surface area contributed by atoms with E-state index in [-0.39, 0.29) is 29.7 Å². The van der Waals surface area contributed by atoms with Crippen LogP contribution in [-0.2, 0) is 4.79 Å². The minimum atomic E-state index is -0.440. The minimum Gasteiger partial charge on any atom is -0.494 e. The van der Waals surface area contributed by atoms with Gasteiger partial charge in [0.25, 0.3) is 0 Å². The average Bonchev–Trinajstić information content (AvgIpc) is 2.81. The summed E-state index contributed by atoms with van der Waals surface area (Å²) < 4.78 is 19.2. The van der Waals surface area contributed by atoms with Crippen molar-refractivity contribution >= 4 is 5.91 Å². The number of nitrogens with zero attached hydrogens (tertiary/aromatic N) is 2. The summed E-state index contributed by atoms with van der Waals surface area (Å²) in [6.45, 7) is 4.12. The molecule has 1 amide bonds. The molecule has 2 N–H and O–H groups in total. The van der Waals surface area contributed by atoms with Crippen molar-refractivity contribution in [3.05, 3.63) is 29.6 Å². The molecule has 6 nitrogen and oxygen atoms in total. The van der Waals surface area contributed by atoms with Crippen molar-refractivity contribution in [2.75, 3.05) is 46.9 Å². The third-order valence-electron chi connectivity index (χ3n) is 5.65. The number of hydrogen-bond acceptors (Lipinski definition) is 5. The SMILES string of the molecule is COc1ccc([C@H](NC(=O)CN2CCCN(C)CC2)C2CC(O)C2)cc1F. The molecule has 0 aromatic heterocycles. The van der Waals surface area contributed by atoms with Gasteiger partial charge in [0, 0.05) is 13.1 Å². The Kier molecular flexibility index (Phi) is 6.68. The maximum atomic E-state index is 14.2. The van der Waals surface area contributed by atoms with Gasteiger partial charge in [0.05, 0.1) is 25.8 Å². The lowest BCUT2D eigenvalue weighted by atomic mass is 9.75. The highest BCUT2D eigenvalue weighted by molar-refractivity contribution is 5.78. The van der Waals surface area contributed by atoms with Crippen LogP contribution in [-0.4, -0.2) is 73.8 Å². The van der Waals surface area contributed by atoms with E-state index in [0.29, 0.717) is 24.9 Å². The van der Waals surface area contributed by atoms with E-state index in [2.05, 4.69) is 22.2 Å². The molecule has 3 rings (SSSR count). The van der Waals surface area contributed by atoms with Gasteiger partial charge in [0.2, 0.25) is 5.91 Å². The summed E-state index contributed by atoms with van der Waals surface area (Å²) in [7, 11) is 3.53. The second-order valence-electron chi connectivity index (χ2n) is 7.76. The van der Waals surface area contributed by atoms with Crippen LogP contribution in [0.25, 0.3) is 0 Å². The number of hydrogen-bond donors (Lipinski definition) is 2. The van der Waals surface area contributed by atoms with Crippen molar-refractivity contribution in [1.82, 2.24) is 15.1 Å². The van der Waals surface area contributed by atoms with E-state index < -0.39 is 5.82 Å². The fraction of sp³-hybridized carbons (Fsp3) is 0.650. The predicted molar refractivity (Wildman–Crippen MR) is 101 cm³/mol. The summed E-state index contributed by atoms with van der Waals surface area (Å²) in [4.78, 5) is 17.1. The largest absolute Gasteiger partial charge is 0.494 e. The summed E-state index contributed by atoms with van der Waals surface area (Å²) in [5, 5.41) is 12.8. The molecular weight excluding hydrogens is 349 g/mol. The van der Waals surface area contributed by atoms with E-state index in [4.69, 9.17) is 4.74 Å². The van der Waals surface area contributed by atoms with E-state index >= 15 is 0 Å². The van der Waals surface area contributed by atoms with Crippen molar-refractivity contribution in [2.24, 2.45) is 5.92 Å². The molecule has 1 aromatic carbocycles. The molecule has 0 radical (unpaired) electrons. The Hall–Kier alpha value is -1.70. The van der Waals surface area contributed by atoms with Gasteiger partial charge in [-0.3, -0.25) is 9.69 Å². The van der Waals surface area contributed by atoms with Gasteiger partial charge in [-0.2, -0.15) is 0 Å². The molecule has 0 bridgehead atoms. The Morgan fingerprint density at radius 1 is 1.33 bits per heavy atom. The predicted octanol–water partition coefficient (Wildman–Crippen LogP) is 1.40. The maximum Gasteiger partial charge on any atom is 0.234 e. The van der Waals surface area contributed by atoms with Crippen LogP contribution in [0.1, 0.15) is 30.9 Å². The van der Waals surface area contributed by atoms with Crippen LogP contribution in [0.3, 0.4) is 0 Å². The highest BCUT2D eigenvalue weighted by Crippen LogP contribution is 2.38. The van der Waals surface area contributed by atoms with Crippen LogP contribution >= 0.6 is 0 Å². The molecule has 1 atom stereocenters. The zero-order chi connectivity index (χ0) is 19.4. The molecule has 1 aromatic rings. The number of amides is 1. The molecule has 1 aliphatic carbocycles. The molecule has 27 heavy (non-hydrogen) atoms. The van der Waals surface area contributed by atoms with Crippen molar-refractivity contribution in [3.8, 4) is 5.75 Å². The van der Waals surface area contributed by atoms with Crippen LogP contribution in [0, 0.1) is 11.7 Å². The van der Waals surface area contributed by atoms with Gasteiger partial charge in [0.15, 0.2) is 11.6 Å². The second-order valence-corrected chi connectivity index (χ2v) is 7.76. The summed E-state index contributed by atoms with van der Waals surface area (Å²) >= 11 is 0. The van der Waals surface area contributed by atoms with E-state index in [1.54, 1.807) is 12.1 Å². The van der Waals surface area contributed by atoms with Gasteiger partial charge in [-0.05, 0) is 63.0 Å². The fourth-order valence-electron chi connectivity index (χ4n) is 3.93. The number of halogens is 1. The maximum absolute atomic E-state index is 14.2. The number of ether oxygens (including phenoxy) is 1. The topological polar surface area (TPSA) is 65.0 Å².